The third-order valence-electron chi connectivity index (χ3n) is 2.39. The standard InChI is InChI=1S/C11H13N3OS/c1-14-10(12)6-8(13-14)7-4-3-5-9(15)11(7)16-2/h3-6,15H,12H2,1-2H3. The number of benzene rings is 1. The Morgan fingerprint density at radius 1 is 1.44 bits per heavy atom. The number of phenolic OH excluding ortho intramolecular Hbond substituents is 1. The first kappa shape index (κ1) is 10.9. The fourth-order valence-corrected chi connectivity index (χ4v) is 2.22. The maximum Gasteiger partial charge on any atom is 0.129 e. The van der Waals surface area contributed by atoms with Crippen LogP contribution in [0.3, 0.4) is 0 Å². The van der Waals surface area contributed by atoms with Crippen molar-refractivity contribution in [2.75, 3.05) is 12.0 Å². The van der Waals surface area contributed by atoms with Gasteiger partial charge in [-0.25, -0.2) is 0 Å². The molecular formula is C11H13N3OS. The van der Waals surface area contributed by atoms with Crippen LogP contribution in [0.1, 0.15) is 0 Å². The molecule has 4 nitrogen and oxygen atoms in total. The second kappa shape index (κ2) is 4.09. The summed E-state index contributed by atoms with van der Waals surface area (Å²) in [6.07, 6.45) is 1.92. The first-order chi connectivity index (χ1) is 7.63. The van der Waals surface area contributed by atoms with E-state index in [0.717, 1.165) is 16.2 Å². The van der Waals surface area contributed by atoms with Crippen LogP contribution in [-0.4, -0.2) is 21.1 Å². The van der Waals surface area contributed by atoms with Gasteiger partial charge in [-0.15, -0.1) is 11.8 Å². The van der Waals surface area contributed by atoms with Gasteiger partial charge in [0.15, 0.2) is 0 Å². The van der Waals surface area contributed by atoms with Crippen LogP contribution in [0.25, 0.3) is 11.3 Å². The number of aryl methyl sites for hydroxylation is 1. The number of hydrogen-bond donors (Lipinski definition) is 2. The van der Waals surface area contributed by atoms with Crippen molar-refractivity contribution < 1.29 is 5.11 Å². The number of nitrogen functional groups attached to an aromatic ring is 1. The van der Waals surface area contributed by atoms with Gasteiger partial charge in [-0.3, -0.25) is 4.68 Å². The summed E-state index contributed by atoms with van der Waals surface area (Å²) in [4.78, 5) is 0.820. The number of phenols is 1. The SMILES string of the molecule is CSc1c(O)cccc1-c1cc(N)n(C)n1. The molecule has 1 aromatic carbocycles. The van der Waals surface area contributed by atoms with E-state index >= 15 is 0 Å². The summed E-state index contributed by atoms with van der Waals surface area (Å²) in [6, 6.07) is 7.19. The number of hydrogen-bond acceptors (Lipinski definition) is 4. The van der Waals surface area contributed by atoms with Gasteiger partial charge in [0.25, 0.3) is 0 Å². The predicted molar refractivity (Wildman–Crippen MR) is 66.5 cm³/mol. The highest BCUT2D eigenvalue weighted by Gasteiger charge is 2.12. The van der Waals surface area contributed by atoms with Crippen LogP contribution in [0.4, 0.5) is 5.82 Å². The molecule has 2 aromatic rings. The van der Waals surface area contributed by atoms with Crippen LogP contribution in [0, 0.1) is 0 Å². The highest BCUT2D eigenvalue weighted by Crippen LogP contribution is 2.36. The lowest BCUT2D eigenvalue weighted by Crippen LogP contribution is -1.96. The molecule has 0 radical (unpaired) electrons. The van der Waals surface area contributed by atoms with E-state index < -0.39 is 0 Å². The van der Waals surface area contributed by atoms with Crippen molar-refractivity contribution in [1.82, 2.24) is 9.78 Å². The molecule has 1 aromatic heterocycles. The summed E-state index contributed by atoms with van der Waals surface area (Å²) in [7, 11) is 1.79. The highest BCUT2D eigenvalue weighted by molar-refractivity contribution is 7.98. The van der Waals surface area contributed by atoms with E-state index in [9.17, 15) is 5.11 Å². The van der Waals surface area contributed by atoms with Crippen molar-refractivity contribution in [1.29, 1.82) is 0 Å². The Bertz CT molecular complexity index is 502. The Balaban J connectivity index is 2.59. The Labute approximate surface area is 98.1 Å². The lowest BCUT2D eigenvalue weighted by molar-refractivity contribution is 0.463. The van der Waals surface area contributed by atoms with E-state index in [0.29, 0.717) is 5.82 Å². The predicted octanol–water partition coefficient (Wildman–Crippen LogP) is 2.10. The Kier molecular flexibility index (Phi) is 2.78. The molecule has 0 amide bonds. The molecular weight excluding hydrogens is 222 g/mol. The lowest BCUT2D eigenvalue weighted by Gasteiger charge is -2.06. The van der Waals surface area contributed by atoms with E-state index in [1.165, 1.54) is 11.8 Å². The topological polar surface area (TPSA) is 64.1 Å². The lowest BCUT2D eigenvalue weighted by atomic mass is 10.1. The first-order valence-corrected chi connectivity index (χ1v) is 6.02. The van der Waals surface area contributed by atoms with Crippen LogP contribution in [0.5, 0.6) is 5.75 Å². The average molecular weight is 235 g/mol. The molecule has 0 aliphatic rings. The van der Waals surface area contributed by atoms with Gasteiger partial charge in [0.2, 0.25) is 0 Å². The molecule has 84 valence electrons. The van der Waals surface area contributed by atoms with Crippen LogP contribution in [0.2, 0.25) is 0 Å². The minimum atomic E-state index is 0.272. The van der Waals surface area contributed by atoms with E-state index in [1.54, 1.807) is 29.9 Å². The monoisotopic (exact) mass is 235 g/mol. The number of aromatic nitrogens is 2. The Morgan fingerprint density at radius 2 is 2.19 bits per heavy atom. The first-order valence-electron chi connectivity index (χ1n) is 4.79. The summed E-state index contributed by atoms with van der Waals surface area (Å²) in [5.41, 5.74) is 7.42. The molecule has 2 rings (SSSR count). The second-order valence-corrected chi connectivity index (χ2v) is 4.25. The summed E-state index contributed by atoms with van der Waals surface area (Å²) >= 11 is 1.49. The molecule has 3 N–H and O–H groups in total. The van der Waals surface area contributed by atoms with Gasteiger partial charge in [-0.05, 0) is 12.3 Å². The van der Waals surface area contributed by atoms with Gasteiger partial charge >= 0.3 is 0 Å². The average Bonchev–Trinajstić information content (AvgIpc) is 2.59. The smallest absolute Gasteiger partial charge is 0.129 e. The fraction of sp³-hybridized carbons (Fsp3) is 0.182. The van der Waals surface area contributed by atoms with Crippen LogP contribution in [-0.2, 0) is 7.05 Å². The van der Waals surface area contributed by atoms with E-state index in [2.05, 4.69) is 5.10 Å². The molecule has 5 heteroatoms. The summed E-state index contributed by atoms with van der Waals surface area (Å²) in [6.45, 7) is 0. The molecule has 0 aliphatic heterocycles. The summed E-state index contributed by atoms with van der Waals surface area (Å²) < 4.78 is 1.61. The van der Waals surface area contributed by atoms with Gasteiger partial charge in [-0.1, -0.05) is 12.1 Å². The van der Waals surface area contributed by atoms with Crippen LogP contribution in [0.15, 0.2) is 29.2 Å². The summed E-state index contributed by atoms with van der Waals surface area (Å²) in [5, 5.41) is 14.0. The minimum absolute atomic E-state index is 0.272. The van der Waals surface area contributed by atoms with Crippen molar-refractivity contribution in [3.63, 3.8) is 0 Å². The molecule has 0 aliphatic carbocycles. The molecule has 0 atom stereocenters. The molecule has 16 heavy (non-hydrogen) atoms. The van der Waals surface area contributed by atoms with Crippen molar-refractivity contribution in [3.8, 4) is 17.0 Å². The maximum absolute atomic E-state index is 9.74. The number of nitrogens with two attached hydrogens (primary N) is 1. The molecule has 0 saturated heterocycles. The van der Waals surface area contributed by atoms with E-state index in [1.807, 2.05) is 12.3 Å². The molecule has 0 fully saturated rings. The van der Waals surface area contributed by atoms with Crippen LogP contribution >= 0.6 is 11.8 Å². The molecule has 0 bridgehead atoms. The van der Waals surface area contributed by atoms with E-state index in [-0.39, 0.29) is 5.75 Å². The van der Waals surface area contributed by atoms with Gasteiger partial charge in [0.1, 0.15) is 11.6 Å². The van der Waals surface area contributed by atoms with Gasteiger partial charge in [0.05, 0.1) is 10.6 Å². The maximum atomic E-state index is 9.74. The fourth-order valence-electron chi connectivity index (χ4n) is 1.55. The Hall–Kier alpha value is -1.62. The number of rotatable bonds is 2. The zero-order chi connectivity index (χ0) is 11.7. The van der Waals surface area contributed by atoms with Gasteiger partial charge in [-0.2, -0.15) is 5.10 Å². The second-order valence-electron chi connectivity index (χ2n) is 3.44. The molecule has 0 saturated carbocycles. The van der Waals surface area contributed by atoms with Crippen molar-refractivity contribution in [2.24, 2.45) is 7.05 Å². The third kappa shape index (κ3) is 1.74. The Morgan fingerprint density at radius 3 is 2.75 bits per heavy atom. The largest absolute Gasteiger partial charge is 0.507 e. The van der Waals surface area contributed by atoms with Crippen molar-refractivity contribution in [3.05, 3.63) is 24.3 Å². The zero-order valence-electron chi connectivity index (χ0n) is 9.14. The normalized spacial score (nSPS) is 10.6. The highest BCUT2D eigenvalue weighted by atomic mass is 32.2. The van der Waals surface area contributed by atoms with Crippen molar-refractivity contribution in [2.45, 2.75) is 4.90 Å². The van der Waals surface area contributed by atoms with E-state index in [4.69, 9.17) is 5.73 Å². The van der Waals surface area contributed by atoms with Gasteiger partial charge in [0, 0.05) is 18.7 Å². The number of thioether (sulfide) groups is 1. The van der Waals surface area contributed by atoms with Gasteiger partial charge < -0.3 is 10.8 Å². The quantitative estimate of drug-likeness (QED) is 0.782. The zero-order valence-corrected chi connectivity index (χ0v) is 9.95. The molecule has 1 heterocycles. The summed E-state index contributed by atoms with van der Waals surface area (Å²) in [5.74, 6) is 0.875. The molecule has 0 spiro atoms. The number of nitrogens with zero attached hydrogens (tertiary/aromatic N) is 2. The third-order valence-corrected chi connectivity index (χ3v) is 3.23. The number of anilines is 1. The molecule has 0 unspecified atom stereocenters. The minimum Gasteiger partial charge on any atom is -0.507 e. The van der Waals surface area contributed by atoms with Crippen molar-refractivity contribution >= 4 is 17.6 Å². The number of aromatic hydroxyl groups is 1. The van der Waals surface area contributed by atoms with Crippen LogP contribution < -0.4 is 5.73 Å².